The van der Waals surface area contributed by atoms with Crippen LogP contribution in [0.25, 0.3) is 0 Å². The van der Waals surface area contributed by atoms with E-state index in [1.807, 2.05) is 20.8 Å². The van der Waals surface area contributed by atoms with Crippen LogP contribution >= 0.6 is 0 Å². The van der Waals surface area contributed by atoms with Crippen LogP contribution in [0.15, 0.2) is 37.5 Å². The number of hydrogen-bond acceptors (Lipinski definition) is 3. The summed E-state index contributed by atoms with van der Waals surface area (Å²) < 4.78 is 8.34. The summed E-state index contributed by atoms with van der Waals surface area (Å²) >= 11 is 0.300. The zero-order chi connectivity index (χ0) is 17.8. The van der Waals surface area contributed by atoms with Crippen molar-refractivity contribution in [2.45, 2.75) is 27.7 Å². The van der Waals surface area contributed by atoms with Crippen LogP contribution in [0.5, 0.6) is 0 Å². The zero-order valence-electron chi connectivity index (χ0n) is 13.1. The van der Waals surface area contributed by atoms with Crippen LogP contribution in [-0.4, -0.2) is 22.8 Å². The molecule has 0 aromatic heterocycles. The van der Waals surface area contributed by atoms with Crippen molar-refractivity contribution < 1.29 is 42.5 Å². The van der Waals surface area contributed by atoms with Gasteiger partial charge in [-0.1, -0.05) is 27.4 Å². The molecule has 0 saturated heterocycles. The van der Waals surface area contributed by atoms with Gasteiger partial charge in [-0.2, -0.15) is 0 Å². The van der Waals surface area contributed by atoms with Crippen molar-refractivity contribution in [1.82, 2.24) is 0 Å². The Morgan fingerprint density at radius 2 is 1.30 bits per heavy atom. The summed E-state index contributed by atoms with van der Waals surface area (Å²) in [6, 6.07) is 0. The third kappa shape index (κ3) is 120. The van der Waals surface area contributed by atoms with E-state index in [0.717, 1.165) is 0 Å². The Kier molecular flexibility index (Phi) is 41.8. The Bertz CT molecular complexity index is 225. The van der Waals surface area contributed by atoms with Gasteiger partial charge in [0.1, 0.15) is 0 Å². The first kappa shape index (κ1) is 31.5. The van der Waals surface area contributed by atoms with Crippen molar-refractivity contribution in [2.24, 2.45) is 5.41 Å². The molecule has 0 bridgehead atoms. The fourth-order valence-corrected chi connectivity index (χ4v) is 0. The van der Waals surface area contributed by atoms with Gasteiger partial charge in [0.25, 0.3) is 0 Å². The third-order valence-electron chi connectivity index (χ3n) is 0.839. The van der Waals surface area contributed by atoms with Crippen molar-refractivity contribution >= 4 is 5.97 Å². The third-order valence-corrected chi connectivity index (χ3v) is 0.839. The molecule has 0 aromatic rings. The Balaban J connectivity index is -0.0000000503. The van der Waals surface area contributed by atoms with E-state index in [2.05, 4.69) is 33.6 Å². The molecule has 5 heteroatoms. The number of carboxylic acids is 1. The molecule has 116 valence electrons. The summed E-state index contributed by atoms with van der Waals surface area (Å²) in [7, 11) is 0. The Morgan fingerprint density at radius 1 is 1.20 bits per heavy atom. The van der Waals surface area contributed by atoms with Crippen LogP contribution in [0.1, 0.15) is 27.7 Å². The molecule has 0 heterocycles. The van der Waals surface area contributed by atoms with Crippen LogP contribution < -0.4 is 0 Å². The van der Waals surface area contributed by atoms with Gasteiger partial charge >= 0.3 is 33.5 Å². The Morgan fingerprint density at radius 3 is 1.30 bits per heavy atom. The SMILES string of the molecule is C=C(C)C(=O)O.C=C[CH2-].C=C[CH2-].CC(C)(C)CO.[O]=[Zr+2]. The summed E-state index contributed by atoms with van der Waals surface area (Å²) in [5.74, 6) is -0.935. The molecule has 20 heavy (non-hydrogen) atoms. The van der Waals surface area contributed by atoms with Crippen LogP contribution in [-0.2, 0) is 32.3 Å². The molecule has 0 fully saturated rings. The second-order valence-corrected chi connectivity index (χ2v) is 4.38. The number of carboxylic acid groups (broad SMARTS) is 1. The van der Waals surface area contributed by atoms with Gasteiger partial charge in [-0.15, -0.1) is 0 Å². The van der Waals surface area contributed by atoms with E-state index in [1.54, 1.807) is 0 Å². The number of aliphatic hydroxyl groups is 1. The molecule has 0 aromatic carbocycles. The molecular formula is C15H28O4Zr. The first-order chi connectivity index (χ1) is 9.03. The predicted octanol–water partition coefficient (Wildman–Crippen LogP) is 3.56. The average molecular weight is 364 g/mol. The molecule has 0 atom stereocenters. The van der Waals surface area contributed by atoms with E-state index in [-0.39, 0.29) is 17.6 Å². The molecular weight excluding hydrogens is 335 g/mol. The summed E-state index contributed by atoms with van der Waals surface area (Å²) in [4.78, 5) is 9.60. The van der Waals surface area contributed by atoms with Crippen LogP contribution in [0.4, 0.5) is 0 Å². The van der Waals surface area contributed by atoms with E-state index in [1.165, 1.54) is 19.1 Å². The first-order valence-corrected chi connectivity index (χ1v) is 6.54. The number of rotatable bonds is 1. The molecule has 0 aliphatic heterocycles. The van der Waals surface area contributed by atoms with Crippen molar-refractivity contribution in [3.63, 3.8) is 0 Å². The molecule has 0 radical (unpaired) electrons. The minimum atomic E-state index is -0.935. The number of carbonyl (C=O) groups is 1. The van der Waals surface area contributed by atoms with Gasteiger partial charge < -0.3 is 10.2 Å². The summed E-state index contributed by atoms with van der Waals surface area (Å²) in [6.07, 6.45) is 3.00. The monoisotopic (exact) mass is 362 g/mol. The first-order valence-electron chi connectivity index (χ1n) is 5.54. The fraction of sp³-hybridized carbons (Fsp3) is 0.400. The Labute approximate surface area is 139 Å². The summed E-state index contributed by atoms with van der Waals surface area (Å²) in [5, 5.41) is 16.3. The maximum atomic E-state index is 9.60. The molecule has 2 N–H and O–H groups in total. The molecule has 0 unspecified atom stereocenters. The molecule has 0 spiro atoms. The number of aliphatic carboxylic acids is 1. The van der Waals surface area contributed by atoms with Crippen LogP contribution in [0.2, 0.25) is 0 Å². The maximum absolute atomic E-state index is 9.60. The molecule has 0 rings (SSSR count). The van der Waals surface area contributed by atoms with Gasteiger partial charge in [-0.05, 0) is 12.3 Å². The van der Waals surface area contributed by atoms with Crippen LogP contribution in [0, 0.1) is 19.3 Å². The van der Waals surface area contributed by atoms with E-state index in [0.29, 0.717) is 24.7 Å². The van der Waals surface area contributed by atoms with E-state index >= 15 is 0 Å². The standard InChI is InChI=1S/C5H12O.C4H6O2.2C3H5.O.Zr/c1-5(2,3)4-6;1-3(2)4(5)6;2*1-3-2;;/h6H,4H2,1-3H3;1H2,2H3,(H,5,6);2*3H,1-2H2;;/q;;2*-1;;+2. The zero-order valence-corrected chi connectivity index (χ0v) is 15.6. The van der Waals surface area contributed by atoms with Crippen molar-refractivity contribution in [3.05, 3.63) is 51.3 Å². The van der Waals surface area contributed by atoms with E-state index < -0.39 is 5.97 Å². The van der Waals surface area contributed by atoms with Crippen molar-refractivity contribution in [2.75, 3.05) is 6.61 Å². The second-order valence-electron chi connectivity index (χ2n) is 4.38. The Hall–Kier alpha value is -0.927. The van der Waals surface area contributed by atoms with Gasteiger partial charge in [0, 0.05) is 12.2 Å². The minimum absolute atomic E-state index is 0.0972. The number of hydrogen-bond donors (Lipinski definition) is 2. The van der Waals surface area contributed by atoms with Gasteiger partial charge in [-0.25, -0.2) is 44.0 Å². The van der Waals surface area contributed by atoms with Gasteiger partial charge in [0.15, 0.2) is 0 Å². The number of aliphatic hydroxyl groups excluding tert-OH is 1. The fourth-order valence-electron chi connectivity index (χ4n) is 0. The molecule has 0 aliphatic rings. The van der Waals surface area contributed by atoms with Gasteiger partial charge in [0.05, 0.1) is 0 Å². The molecule has 4 nitrogen and oxygen atoms in total. The molecule has 0 amide bonds. The predicted molar refractivity (Wildman–Crippen MR) is 80.8 cm³/mol. The summed E-state index contributed by atoms with van der Waals surface area (Å²) in [5.41, 5.74) is 0.273. The van der Waals surface area contributed by atoms with E-state index in [4.69, 9.17) is 13.0 Å². The normalized spacial score (nSPS) is 7.35. The van der Waals surface area contributed by atoms with Crippen molar-refractivity contribution in [3.8, 4) is 0 Å². The second kappa shape index (κ2) is 26.6. The van der Waals surface area contributed by atoms with Gasteiger partial charge in [-0.3, -0.25) is 0 Å². The number of allylic oxidation sites excluding steroid dienone is 2. The summed E-state index contributed by atoms with van der Waals surface area (Å²) in [6.45, 7) is 23.9. The quantitative estimate of drug-likeness (QED) is 0.552. The average Bonchev–Trinajstić information content (AvgIpc) is 2.33. The van der Waals surface area contributed by atoms with E-state index in [9.17, 15) is 4.79 Å². The van der Waals surface area contributed by atoms with Crippen LogP contribution in [0.3, 0.4) is 0 Å². The van der Waals surface area contributed by atoms with Crippen molar-refractivity contribution in [1.29, 1.82) is 0 Å². The topological polar surface area (TPSA) is 74.6 Å². The molecule has 0 saturated carbocycles. The molecule has 0 aliphatic carbocycles. The van der Waals surface area contributed by atoms with Gasteiger partial charge in [0.2, 0.25) is 0 Å².